The van der Waals surface area contributed by atoms with Crippen molar-refractivity contribution in [1.29, 1.82) is 0 Å². The standard InChI is InChI=1S/C15H22O2/c1-11(16)17-15(2,3)14-9-8-12-6-4-5-7-13(12)10-14/h6,8-9,13-14H,4-5,7,10H2,1-3H3/t13-,14-/m1/s1. The van der Waals surface area contributed by atoms with Crippen LogP contribution in [-0.2, 0) is 9.53 Å². The average molecular weight is 234 g/mol. The van der Waals surface area contributed by atoms with Gasteiger partial charge in [-0.1, -0.05) is 18.2 Å². The van der Waals surface area contributed by atoms with Gasteiger partial charge in [0.05, 0.1) is 0 Å². The number of allylic oxidation sites excluding steroid dienone is 3. The number of carbonyl (C=O) groups is 1. The van der Waals surface area contributed by atoms with Gasteiger partial charge in [-0.3, -0.25) is 4.79 Å². The molecule has 0 N–H and O–H groups in total. The van der Waals surface area contributed by atoms with Gasteiger partial charge in [0.25, 0.3) is 0 Å². The van der Waals surface area contributed by atoms with Gasteiger partial charge in [-0.25, -0.2) is 0 Å². The maximum Gasteiger partial charge on any atom is 0.303 e. The molecule has 2 heteroatoms. The van der Waals surface area contributed by atoms with E-state index in [4.69, 9.17) is 4.74 Å². The first-order valence-corrected chi connectivity index (χ1v) is 6.57. The minimum Gasteiger partial charge on any atom is -0.459 e. The number of rotatable bonds is 2. The van der Waals surface area contributed by atoms with E-state index in [1.807, 2.05) is 13.8 Å². The molecule has 0 heterocycles. The summed E-state index contributed by atoms with van der Waals surface area (Å²) in [6, 6.07) is 0. The van der Waals surface area contributed by atoms with Crippen molar-refractivity contribution in [3.8, 4) is 0 Å². The molecule has 0 saturated carbocycles. The molecule has 2 aliphatic rings. The van der Waals surface area contributed by atoms with Crippen molar-refractivity contribution in [3.63, 3.8) is 0 Å². The summed E-state index contributed by atoms with van der Waals surface area (Å²) in [4.78, 5) is 11.1. The normalized spacial score (nSPS) is 28.3. The maximum atomic E-state index is 11.1. The molecule has 2 aliphatic carbocycles. The maximum absolute atomic E-state index is 11.1. The molecule has 0 aromatic carbocycles. The molecule has 0 fully saturated rings. The van der Waals surface area contributed by atoms with Crippen molar-refractivity contribution in [3.05, 3.63) is 23.8 Å². The van der Waals surface area contributed by atoms with E-state index in [0.29, 0.717) is 11.8 Å². The summed E-state index contributed by atoms with van der Waals surface area (Å²) in [5.74, 6) is 0.827. The van der Waals surface area contributed by atoms with Crippen LogP contribution in [0.5, 0.6) is 0 Å². The van der Waals surface area contributed by atoms with Crippen LogP contribution in [0.25, 0.3) is 0 Å². The number of esters is 1. The summed E-state index contributed by atoms with van der Waals surface area (Å²) in [5, 5.41) is 0. The van der Waals surface area contributed by atoms with Gasteiger partial charge in [-0.15, -0.1) is 0 Å². The molecule has 2 nitrogen and oxygen atoms in total. The molecule has 0 bridgehead atoms. The third kappa shape index (κ3) is 2.80. The van der Waals surface area contributed by atoms with E-state index in [1.165, 1.54) is 31.8 Å². The van der Waals surface area contributed by atoms with Crippen molar-refractivity contribution in [1.82, 2.24) is 0 Å². The first-order valence-electron chi connectivity index (χ1n) is 6.57. The summed E-state index contributed by atoms with van der Waals surface area (Å²) in [7, 11) is 0. The Morgan fingerprint density at radius 1 is 1.47 bits per heavy atom. The minimum absolute atomic E-state index is 0.187. The molecular weight excluding hydrogens is 212 g/mol. The van der Waals surface area contributed by atoms with Gasteiger partial charge < -0.3 is 4.74 Å². The molecule has 0 unspecified atom stereocenters. The van der Waals surface area contributed by atoms with Gasteiger partial charge >= 0.3 is 5.97 Å². The zero-order valence-corrected chi connectivity index (χ0v) is 11.0. The molecule has 0 aromatic heterocycles. The fraction of sp³-hybridized carbons (Fsp3) is 0.667. The van der Waals surface area contributed by atoms with Crippen molar-refractivity contribution < 1.29 is 9.53 Å². The highest BCUT2D eigenvalue weighted by Gasteiger charge is 2.35. The van der Waals surface area contributed by atoms with Crippen LogP contribution < -0.4 is 0 Å². The van der Waals surface area contributed by atoms with E-state index in [0.717, 1.165) is 6.42 Å². The predicted octanol–water partition coefficient (Wildman–Crippen LogP) is 3.63. The molecule has 94 valence electrons. The number of fused-ring (bicyclic) bond motifs is 1. The van der Waals surface area contributed by atoms with E-state index in [1.54, 1.807) is 0 Å². The van der Waals surface area contributed by atoms with Crippen LogP contribution in [0.15, 0.2) is 23.8 Å². The highest BCUT2D eigenvalue weighted by molar-refractivity contribution is 5.66. The van der Waals surface area contributed by atoms with Gasteiger partial charge in [0.2, 0.25) is 0 Å². The molecule has 0 radical (unpaired) electrons. The lowest BCUT2D eigenvalue weighted by molar-refractivity contribution is -0.157. The Balaban J connectivity index is 2.11. The number of hydrogen-bond donors (Lipinski definition) is 0. The second-order valence-corrected chi connectivity index (χ2v) is 5.73. The lowest BCUT2D eigenvalue weighted by atomic mass is 9.72. The van der Waals surface area contributed by atoms with E-state index < -0.39 is 0 Å². The Kier molecular flexibility index (Phi) is 3.41. The summed E-state index contributed by atoms with van der Waals surface area (Å²) < 4.78 is 5.45. The SMILES string of the molecule is CC(=O)OC(C)(C)[C@@H]1C=CC2=CCCC[C@@H]2C1. The molecular formula is C15H22O2. The second kappa shape index (κ2) is 4.67. The van der Waals surface area contributed by atoms with Crippen LogP contribution in [0.3, 0.4) is 0 Å². The van der Waals surface area contributed by atoms with Gasteiger partial charge in [0, 0.05) is 12.8 Å². The number of ether oxygens (including phenoxy) is 1. The Labute approximate surface area is 104 Å². The Hall–Kier alpha value is -1.05. The Morgan fingerprint density at radius 2 is 2.24 bits per heavy atom. The van der Waals surface area contributed by atoms with Crippen LogP contribution in [0, 0.1) is 11.8 Å². The predicted molar refractivity (Wildman–Crippen MR) is 68.5 cm³/mol. The highest BCUT2D eigenvalue weighted by Crippen LogP contribution is 2.40. The van der Waals surface area contributed by atoms with E-state index in [9.17, 15) is 4.79 Å². The molecule has 2 atom stereocenters. The fourth-order valence-electron chi connectivity index (χ4n) is 3.00. The Morgan fingerprint density at radius 3 is 2.94 bits per heavy atom. The summed E-state index contributed by atoms with van der Waals surface area (Å²) >= 11 is 0. The smallest absolute Gasteiger partial charge is 0.303 e. The first-order chi connectivity index (χ1) is 7.99. The average Bonchev–Trinajstić information content (AvgIpc) is 2.26. The molecule has 0 amide bonds. The molecule has 0 aliphatic heterocycles. The van der Waals surface area contributed by atoms with Crippen LogP contribution in [-0.4, -0.2) is 11.6 Å². The van der Waals surface area contributed by atoms with Gasteiger partial charge in [-0.05, 0) is 51.0 Å². The molecule has 17 heavy (non-hydrogen) atoms. The van der Waals surface area contributed by atoms with Crippen LogP contribution >= 0.6 is 0 Å². The minimum atomic E-state index is -0.384. The van der Waals surface area contributed by atoms with Crippen LogP contribution in [0.1, 0.15) is 46.5 Å². The monoisotopic (exact) mass is 234 g/mol. The van der Waals surface area contributed by atoms with Gasteiger partial charge in [0.1, 0.15) is 5.60 Å². The lowest BCUT2D eigenvalue weighted by Crippen LogP contribution is -2.37. The van der Waals surface area contributed by atoms with Crippen LogP contribution in [0.4, 0.5) is 0 Å². The van der Waals surface area contributed by atoms with E-state index in [-0.39, 0.29) is 11.6 Å². The lowest BCUT2D eigenvalue weighted by Gasteiger charge is -2.38. The number of carbonyl (C=O) groups excluding carboxylic acids is 1. The topological polar surface area (TPSA) is 26.3 Å². The summed E-state index contributed by atoms with van der Waals surface area (Å²) in [6.07, 6.45) is 11.7. The van der Waals surface area contributed by atoms with E-state index in [2.05, 4.69) is 18.2 Å². The van der Waals surface area contributed by atoms with Crippen molar-refractivity contribution in [2.24, 2.45) is 11.8 Å². The van der Waals surface area contributed by atoms with Crippen molar-refractivity contribution in [2.75, 3.05) is 0 Å². The molecule has 0 aromatic rings. The van der Waals surface area contributed by atoms with Crippen LogP contribution in [0.2, 0.25) is 0 Å². The second-order valence-electron chi connectivity index (χ2n) is 5.73. The molecule has 0 spiro atoms. The quantitative estimate of drug-likeness (QED) is 0.682. The van der Waals surface area contributed by atoms with Gasteiger partial charge in [-0.2, -0.15) is 0 Å². The van der Waals surface area contributed by atoms with Gasteiger partial charge in [0.15, 0.2) is 0 Å². The third-order valence-electron chi connectivity index (χ3n) is 3.97. The first kappa shape index (κ1) is 12.4. The highest BCUT2D eigenvalue weighted by atomic mass is 16.6. The fourth-order valence-corrected chi connectivity index (χ4v) is 3.00. The van der Waals surface area contributed by atoms with Crippen molar-refractivity contribution in [2.45, 2.75) is 52.1 Å². The largest absolute Gasteiger partial charge is 0.459 e. The Bertz CT molecular complexity index is 363. The van der Waals surface area contributed by atoms with E-state index >= 15 is 0 Å². The zero-order chi connectivity index (χ0) is 12.5. The molecule has 0 saturated heterocycles. The summed E-state index contributed by atoms with van der Waals surface area (Å²) in [5.41, 5.74) is 1.11. The molecule has 2 rings (SSSR count). The number of hydrogen-bond acceptors (Lipinski definition) is 2. The third-order valence-corrected chi connectivity index (χ3v) is 3.97. The summed E-state index contributed by atoms with van der Waals surface area (Å²) in [6.45, 7) is 5.52. The zero-order valence-electron chi connectivity index (χ0n) is 11.0. The van der Waals surface area contributed by atoms with Crippen molar-refractivity contribution >= 4 is 5.97 Å².